The average molecular weight is 377 g/mol. The van der Waals surface area contributed by atoms with Crippen molar-refractivity contribution < 1.29 is 4.57 Å². The Balaban J connectivity index is 1.99. The van der Waals surface area contributed by atoms with Crippen molar-refractivity contribution in [2.24, 2.45) is 0 Å². The molecule has 0 amide bonds. The molecule has 0 radical (unpaired) electrons. The van der Waals surface area contributed by atoms with Crippen molar-refractivity contribution >= 4 is 26.3 Å². The monoisotopic (exact) mass is 377 g/mol. The van der Waals surface area contributed by atoms with Crippen molar-refractivity contribution in [3.8, 4) is 0 Å². The second-order valence-corrected chi connectivity index (χ2v) is 14.1. The summed E-state index contributed by atoms with van der Waals surface area (Å²) in [7, 11) is -1.52. The molecule has 1 unspecified atom stereocenters. The zero-order chi connectivity index (χ0) is 17.9. The Kier molecular flexibility index (Phi) is 6.73. The van der Waals surface area contributed by atoms with Crippen molar-refractivity contribution in [2.75, 3.05) is 0 Å². The molecule has 0 aliphatic heterocycles. The van der Waals surface area contributed by atoms with E-state index < -0.39 is 7.80 Å². The summed E-state index contributed by atoms with van der Waals surface area (Å²) in [6, 6.07) is 8.84. The Labute approximate surface area is 156 Å². The Hall–Kier alpha value is -0.250. The van der Waals surface area contributed by atoms with Gasteiger partial charge in [0.25, 0.3) is 0 Å². The van der Waals surface area contributed by atoms with Gasteiger partial charge in [0.1, 0.15) is 0 Å². The first-order chi connectivity index (χ1) is 12.0. The van der Waals surface area contributed by atoms with Crippen molar-refractivity contribution in [3.05, 3.63) is 24.3 Å². The average Bonchev–Trinajstić information content (AvgIpc) is 2.63. The van der Waals surface area contributed by atoms with Gasteiger partial charge < -0.3 is 0 Å². The van der Waals surface area contributed by atoms with Crippen LogP contribution in [0.5, 0.6) is 0 Å². The molecule has 0 heterocycles. The maximum Gasteiger partial charge on any atom is 0.382 e. The van der Waals surface area contributed by atoms with E-state index in [1.165, 1.54) is 74.8 Å². The molecule has 3 rings (SSSR count). The quantitative estimate of drug-likeness (QED) is 0.533. The predicted octanol–water partition coefficient (Wildman–Crippen LogP) is 6.71. The van der Waals surface area contributed by atoms with Crippen LogP contribution in [0.25, 0.3) is 0 Å². The van der Waals surface area contributed by atoms with Crippen LogP contribution >= 0.6 is 15.7 Å². The maximum absolute atomic E-state index is 13.3. The van der Waals surface area contributed by atoms with Gasteiger partial charge in [-0.25, -0.2) is 0 Å². The molecule has 138 valence electrons. The van der Waals surface area contributed by atoms with Crippen LogP contribution in [-0.4, -0.2) is 16.5 Å². The highest BCUT2D eigenvalue weighted by Crippen LogP contribution is 2.55. The van der Waals surface area contributed by atoms with Crippen LogP contribution in [0.15, 0.2) is 24.3 Å². The normalized spacial score (nSPS) is 21.5. The summed E-state index contributed by atoms with van der Waals surface area (Å²) >= 11 is 0. The van der Waals surface area contributed by atoms with Gasteiger partial charge in [-0.05, 0) is 69.9 Å². The zero-order valence-corrected chi connectivity index (χ0v) is 18.1. The van der Waals surface area contributed by atoms with Crippen molar-refractivity contribution in [1.29, 1.82) is 0 Å². The molecular weight excluding hydrogens is 342 g/mol. The topological polar surface area (TPSA) is 17.1 Å². The lowest BCUT2D eigenvalue weighted by Gasteiger charge is -2.38. The van der Waals surface area contributed by atoms with E-state index in [0.29, 0.717) is 0 Å². The molecule has 2 fully saturated rings. The standard InChI is InChI=1S/C22H35OP2/c1-22(2,3)25(23)21-17-11-10-16-20(21)24(18-12-6-4-7-13-18)19-14-8-5-9-15-19/h10-11,16-19H,4-9,12-15H2,1-3H3/q+1. The van der Waals surface area contributed by atoms with Crippen LogP contribution < -0.4 is 10.6 Å². The summed E-state index contributed by atoms with van der Waals surface area (Å²) in [6.07, 6.45) is 14.1. The molecule has 0 spiro atoms. The van der Waals surface area contributed by atoms with Gasteiger partial charge >= 0.3 is 7.80 Å². The van der Waals surface area contributed by atoms with E-state index in [9.17, 15) is 4.57 Å². The molecule has 0 N–H and O–H groups in total. The van der Waals surface area contributed by atoms with E-state index in [-0.39, 0.29) is 13.1 Å². The molecule has 3 heteroatoms. The molecule has 2 aliphatic carbocycles. The molecule has 2 aliphatic rings. The van der Waals surface area contributed by atoms with Gasteiger partial charge in [-0.3, -0.25) is 0 Å². The van der Waals surface area contributed by atoms with Gasteiger partial charge in [-0.2, -0.15) is 0 Å². The van der Waals surface area contributed by atoms with E-state index in [0.717, 1.165) is 11.3 Å². The highest BCUT2D eigenvalue weighted by molar-refractivity contribution is 7.70. The van der Waals surface area contributed by atoms with E-state index in [2.05, 4.69) is 45.0 Å². The van der Waals surface area contributed by atoms with Gasteiger partial charge in [0.2, 0.25) is 0 Å². The second kappa shape index (κ2) is 8.63. The molecular formula is C22H35OP2+. The summed E-state index contributed by atoms with van der Waals surface area (Å²) < 4.78 is 13.3. The number of rotatable bonds is 4. The second-order valence-electron chi connectivity index (χ2n) is 8.94. The third kappa shape index (κ3) is 4.73. The molecule has 25 heavy (non-hydrogen) atoms. The van der Waals surface area contributed by atoms with Gasteiger partial charge in [-0.1, -0.05) is 63.1 Å². The molecule has 2 saturated carbocycles. The SMILES string of the molecule is CC(C)(C)[P+](=O)c1ccccc1P(C1CCCCC1)C1CCCCC1. The predicted molar refractivity (Wildman–Crippen MR) is 114 cm³/mol. The van der Waals surface area contributed by atoms with Gasteiger partial charge in [0.15, 0.2) is 10.5 Å². The summed E-state index contributed by atoms with van der Waals surface area (Å²) in [5, 5.41) is 2.55. The maximum atomic E-state index is 13.3. The highest BCUT2D eigenvalue weighted by Gasteiger charge is 2.42. The molecule has 1 atom stereocenters. The Bertz CT molecular complexity index is 560. The third-order valence-electron chi connectivity index (χ3n) is 5.92. The molecule has 0 aromatic heterocycles. The van der Waals surface area contributed by atoms with Crippen LogP contribution in [0.3, 0.4) is 0 Å². The first-order valence-electron chi connectivity index (χ1n) is 10.3. The van der Waals surface area contributed by atoms with Crippen molar-refractivity contribution in [1.82, 2.24) is 0 Å². The summed E-state index contributed by atoms with van der Waals surface area (Å²) in [5.74, 6) is 0. The molecule has 0 bridgehead atoms. The fraction of sp³-hybridized carbons (Fsp3) is 0.727. The van der Waals surface area contributed by atoms with Crippen LogP contribution in [0.1, 0.15) is 85.0 Å². The lowest BCUT2D eigenvalue weighted by Crippen LogP contribution is -2.33. The van der Waals surface area contributed by atoms with Gasteiger partial charge in [-0.15, -0.1) is 0 Å². The van der Waals surface area contributed by atoms with Crippen LogP contribution in [0, 0.1) is 0 Å². The number of benzene rings is 1. The number of hydrogen-bond acceptors (Lipinski definition) is 1. The molecule has 0 saturated heterocycles. The Morgan fingerprint density at radius 3 is 1.80 bits per heavy atom. The zero-order valence-electron chi connectivity index (χ0n) is 16.3. The Morgan fingerprint density at radius 2 is 1.32 bits per heavy atom. The van der Waals surface area contributed by atoms with Gasteiger partial charge in [0, 0.05) is 5.30 Å². The minimum absolute atomic E-state index is 0.147. The fourth-order valence-electron chi connectivity index (χ4n) is 4.63. The minimum atomic E-state index is -1.35. The Morgan fingerprint density at radius 1 is 0.840 bits per heavy atom. The fourth-order valence-corrected chi connectivity index (χ4v) is 10.3. The largest absolute Gasteiger partial charge is 0.382 e. The van der Waals surface area contributed by atoms with E-state index in [4.69, 9.17) is 0 Å². The van der Waals surface area contributed by atoms with Crippen LogP contribution in [0.4, 0.5) is 0 Å². The lowest BCUT2D eigenvalue weighted by atomic mass is 9.99. The van der Waals surface area contributed by atoms with Crippen molar-refractivity contribution in [2.45, 2.75) is 101 Å². The first kappa shape index (κ1) is 19.5. The van der Waals surface area contributed by atoms with Crippen LogP contribution in [0.2, 0.25) is 0 Å². The van der Waals surface area contributed by atoms with Crippen LogP contribution in [-0.2, 0) is 4.57 Å². The smallest absolute Gasteiger partial charge is 0.0674 e. The first-order valence-corrected chi connectivity index (χ1v) is 13.1. The lowest BCUT2D eigenvalue weighted by molar-refractivity contribution is 0.487. The molecule has 1 aromatic carbocycles. The van der Waals surface area contributed by atoms with Crippen molar-refractivity contribution in [3.63, 3.8) is 0 Å². The molecule has 1 aromatic rings. The summed E-state index contributed by atoms with van der Waals surface area (Å²) in [4.78, 5) is 0. The van der Waals surface area contributed by atoms with E-state index in [1.807, 2.05) is 0 Å². The van der Waals surface area contributed by atoms with E-state index in [1.54, 1.807) is 0 Å². The van der Waals surface area contributed by atoms with Gasteiger partial charge in [0.05, 0.1) is 0 Å². The summed E-state index contributed by atoms with van der Waals surface area (Å²) in [5.41, 5.74) is 1.74. The third-order valence-corrected chi connectivity index (χ3v) is 11.7. The summed E-state index contributed by atoms with van der Waals surface area (Å²) in [6.45, 7) is 6.39. The van der Waals surface area contributed by atoms with E-state index >= 15 is 0 Å². The number of hydrogen-bond donors (Lipinski definition) is 0. The highest BCUT2D eigenvalue weighted by atomic mass is 31.1. The minimum Gasteiger partial charge on any atom is -0.0674 e. The molecule has 1 nitrogen and oxygen atoms in total.